The number of carbonyl (C=O) groups is 2. The first-order chi connectivity index (χ1) is 13.5. The number of rotatable bonds is 7. The molecule has 0 radical (unpaired) electrons. The number of anilines is 1. The van der Waals surface area contributed by atoms with Gasteiger partial charge in [0.15, 0.2) is 0 Å². The molecule has 0 saturated heterocycles. The van der Waals surface area contributed by atoms with Crippen molar-refractivity contribution in [3.05, 3.63) is 46.3 Å². The van der Waals surface area contributed by atoms with Gasteiger partial charge in [-0.3, -0.25) is 9.69 Å². The zero-order valence-electron chi connectivity index (χ0n) is 16.5. The van der Waals surface area contributed by atoms with Crippen molar-refractivity contribution in [1.82, 2.24) is 4.90 Å². The minimum Gasteiger partial charge on any atom is -0.462 e. The van der Waals surface area contributed by atoms with E-state index in [0.29, 0.717) is 29.0 Å². The van der Waals surface area contributed by atoms with Gasteiger partial charge in [-0.2, -0.15) is 0 Å². The van der Waals surface area contributed by atoms with Crippen molar-refractivity contribution in [3.63, 3.8) is 0 Å². The third-order valence-electron chi connectivity index (χ3n) is 4.66. The monoisotopic (exact) mass is 418 g/mol. The zero-order valence-corrected chi connectivity index (χ0v) is 18.1. The second-order valence-electron chi connectivity index (χ2n) is 6.89. The number of hydrogen-bond acceptors (Lipinski definition) is 6. The second-order valence-corrected chi connectivity index (χ2v) is 9.05. The van der Waals surface area contributed by atoms with Crippen LogP contribution in [0.3, 0.4) is 0 Å². The molecule has 1 amide bonds. The minimum atomic E-state index is -0.344. The Bertz CT molecular complexity index is 834. The molecule has 0 unspecified atom stereocenters. The SMILES string of the molecule is CCOC(=O)c1c(NC(=O)CSc2ccccc2)sc2c1CCN(C(C)C)C2. The number of fused-ring (bicyclic) bond motifs is 1. The highest BCUT2D eigenvalue weighted by Crippen LogP contribution is 2.38. The van der Waals surface area contributed by atoms with Crippen molar-refractivity contribution in [3.8, 4) is 0 Å². The normalized spacial score (nSPS) is 14.0. The number of amides is 1. The second kappa shape index (κ2) is 9.58. The standard InChI is InChI=1S/C21H26N2O3S2/c1-4-26-21(25)19-16-10-11-23(14(2)3)12-17(16)28-20(19)22-18(24)13-27-15-8-6-5-7-9-15/h5-9,14H,4,10-13H2,1-3H3,(H,22,24). The molecular formula is C21H26N2O3S2. The van der Waals surface area contributed by atoms with Gasteiger partial charge in [-0.25, -0.2) is 4.79 Å². The summed E-state index contributed by atoms with van der Waals surface area (Å²) in [6.45, 7) is 8.18. The number of esters is 1. The van der Waals surface area contributed by atoms with Gasteiger partial charge < -0.3 is 10.1 Å². The van der Waals surface area contributed by atoms with Gasteiger partial charge in [0, 0.05) is 28.9 Å². The zero-order chi connectivity index (χ0) is 20.1. The number of nitrogens with one attached hydrogen (secondary N) is 1. The van der Waals surface area contributed by atoms with Crippen molar-refractivity contribution in [1.29, 1.82) is 0 Å². The van der Waals surface area contributed by atoms with Crippen molar-refractivity contribution in [2.24, 2.45) is 0 Å². The molecule has 0 saturated carbocycles. The van der Waals surface area contributed by atoms with Gasteiger partial charge in [-0.15, -0.1) is 23.1 Å². The number of benzene rings is 1. The van der Waals surface area contributed by atoms with Gasteiger partial charge >= 0.3 is 5.97 Å². The predicted octanol–water partition coefficient (Wildman–Crippen LogP) is 4.42. The van der Waals surface area contributed by atoms with E-state index in [0.717, 1.165) is 34.8 Å². The van der Waals surface area contributed by atoms with E-state index in [1.54, 1.807) is 6.92 Å². The maximum Gasteiger partial charge on any atom is 0.341 e. The Balaban J connectivity index is 1.77. The van der Waals surface area contributed by atoms with E-state index in [1.807, 2.05) is 30.3 Å². The van der Waals surface area contributed by atoms with Crippen LogP contribution in [0.1, 0.15) is 41.6 Å². The quantitative estimate of drug-likeness (QED) is 0.533. The number of nitrogens with zero attached hydrogens (tertiary/aromatic N) is 1. The van der Waals surface area contributed by atoms with Gasteiger partial charge in [0.25, 0.3) is 0 Å². The first kappa shape index (κ1) is 20.9. The highest BCUT2D eigenvalue weighted by atomic mass is 32.2. The lowest BCUT2D eigenvalue weighted by Crippen LogP contribution is -2.35. The van der Waals surface area contributed by atoms with Crippen LogP contribution < -0.4 is 5.32 Å². The Morgan fingerprint density at radius 1 is 1.29 bits per heavy atom. The lowest BCUT2D eigenvalue weighted by atomic mass is 10.0. The van der Waals surface area contributed by atoms with E-state index in [4.69, 9.17) is 4.74 Å². The number of carbonyl (C=O) groups excluding carboxylic acids is 2. The Labute approximate surface area is 174 Å². The van der Waals surface area contributed by atoms with Crippen LogP contribution in [0.15, 0.2) is 35.2 Å². The molecule has 0 atom stereocenters. The van der Waals surface area contributed by atoms with Gasteiger partial charge in [-0.1, -0.05) is 18.2 Å². The molecule has 0 aliphatic carbocycles. The van der Waals surface area contributed by atoms with E-state index in [-0.39, 0.29) is 11.9 Å². The summed E-state index contributed by atoms with van der Waals surface area (Å²) in [6.07, 6.45) is 0.798. The molecule has 1 aromatic carbocycles. The number of hydrogen-bond donors (Lipinski definition) is 1. The average Bonchev–Trinajstić information content (AvgIpc) is 3.04. The number of thiophene rings is 1. The summed E-state index contributed by atoms with van der Waals surface area (Å²) in [5, 5.41) is 3.58. The first-order valence-corrected chi connectivity index (χ1v) is 11.3. The smallest absolute Gasteiger partial charge is 0.341 e. The van der Waals surface area contributed by atoms with E-state index in [1.165, 1.54) is 23.1 Å². The van der Waals surface area contributed by atoms with Gasteiger partial charge in [0.1, 0.15) is 5.00 Å². The minimum absolute atomic E-state index is 0.112. The first-order valence-electron chi connectivity index (χ1n) is 9.53. The summed E-state index contributed by atoms with van der Waals surface area (Å²) in [4.78, 5) is 29.7. The fraction of sp³-hybridized carbons (Fsp3) is 0.429. The highest BCUT2D eigenvalue weighted by Gasteiger charge is 2.30. The summed E-state index contributed by atoms with van der Waals surface area (Å²) in [7, 11) is 0. The van der Waals surface area contributed by atoms with E-state index < -0.39 is 0 Å². The largest absolute Gasteiger partial charge is 0.462 e. The number of ether oxygens (including phenoxy) is 1. The summed E-state index contributed by atoms with van der Waals surface area (Å²) >= 11 is 2.98. The molecule has 150 valence electrons. The van der Waals surface area contributed by atoms with Crippen LogP contribution in [-0.4, -0.2) is 41.7 Å². The molecule has 28 heavy (non-hydrogen) atoms. The third kappa shape index (κ3) is 4.96. The molecule has 7 heteroatoms. The van der Waals surface area contributed by atoms with E-state index in [2.05, 4.69) is 24.1 Å². The molecule has 1 aliphatic rings. The van der Waals surface area contributed by atoms with Gasteiger partial charge in [-0.05, 0) is 44.9 Å². The van der Waals surface area contributed by atoms with Crippen LogP contribution in [0.5, 0.6) is 0 Å². The Hall–Kier alpha value is -1.83. The molecule has 2 aromatic rings. The summed E-state index contributed by atoms with van der Waals surface area (Å²) in [6, 6.07) is 10.3. The van der Waals surface area contributed by atoms with Crippen molar-refractivity contribution < 1.29 is 14.3 Å². The average molecular weight is 419 g/mol. The molecule has 1 aromatic heterocycles. The summed E-state index contributed by atoms with van der Waals surface area (Å²) in [5.74, 6) is -0.157. The Morgan fingerprint density at radius 3 is 2.71 bits per heavy atom. The lowest BCUT2D eigenvalue weighted by Gasteiger charge is -2.30. The molecule has 1 N–H and O–H groups in total. The van der Waals surface area contributed by atoms with Crippen LogP contribution in [0, 0.1) is 0 Å². The molecule has 0 bridgehead atoms. The van der Waals surface area contributed by atoms with Gasteiger partial charge in [0.05, 0.1) is 17.9 Å². The van der Waals surface area contributed by atoms with Gasteiger partial charge in [0.2, 0.25) is 5.91 Å². The fourth-order valence-corrected chi connectivity index (χ4v) is 5.20. The maximum absolute atomic E-state index is 12.6. The Kier molecular flexibility index (Phi) is 7.15. The lowest BCUT2D eigenvalue weighted by molar-refractivity contribution is -0.113. The van der Waals surface area contributed by atoms with Crippen LogP contribution >= 0.6 is 23.1 Å². The topological polar surface area (TPSA) is 58.6 Å². The predicted molar refractivity (Wildman–Crippen MR) is 115 cm³/mol. The third-order valence-corrected chi connectivity index (χ3v) is 6.81. The molecule has 2 heterocycles. The molecular weight excluding hydrogens is 392 g/mol. The number of thioether (sulfide) groups is 1. The van der Waals surface area contributed by atoms with E-state index in [9.17, 15) is 9.59 Å². The van der Waals surface area contributed by atoms with Crippen molar-refractivity contribution >= 4 is 40.0 Å². The van der Waals surface area contributed by atoms with Crippen molar-refractivity contribution in [2.75, 3.05) is 24.2 Å². The van der Waals surface area contributed by atoms with Crippen LogP contribution in [0.4, 0.5) is 5.00 Å². The molecule has 1 aliphatic heterocycles. The van der Waals surface area contributed by atoms with Crippen LogP contribution in [0.25, 0.3) is 0 Å². The summed E-state index contributed by atoms with van der Waals surface area (Å²) in [5.41, 5.74) is 1.58. The molecule has 0 fully saturated rings. The molecule has 5 nitrogen and oxygen atoms in total. The van der Waals surface area contributed by atoms with E-state index >= 15 is 0 Å². The highest BCUT2D eigenvalue weighted by molar-refractivity contribution is 8.00. The van der Waals surface area contributed by atoms with Crippen LogP contribution in [0.2, 0.25) is 0 Å². The fourth-order valence-electron chi connectivity index (χ4n) is 3.20. The Morgan fingerprint density at radius 2 is 2.04 bits per heavy atom. The van der Waals surface area contributed by atoms with Crippen LogP contribution in [-0.2, 0) is 22.5 Å². The molecule has 0 spiro atoms. The maximum atomic E-state index is 12.6. The summed E-state index contributed by atoms with van der Waals surface area (Å²) < 4.78 is 5.28. The van der Waals surface area contributed by atoms with Crippen molar-refractivity contribution in [2.45, 2.75) is 44.7 Å². The molecule has 3 rings (SSSR count).